The highest BCUT2D eigenvalue weighted by atomic mass is 19.1. The van der Waals surface area contributed by atoms with Gasteiger partial charge in [-0.15, -0.1) is 0 Å². The van der Waals surface area contributed by atoms with E-state index in [0.29, 0.717) is 24.3 Å². The molecule has 1 heterocycles. The average Bonchev–Trinajstić information content (AvgIpc) is 2.72. The Bertz CT molecular complexity index is 637. The summed E-state index contributed by atoms with van der Waals surface area (Å²) in [5.74, 6) is -0.296. The number of carbonyl (C=O) groups excluding carboxylic acids is 1. The first-order chi connectivity index (χ1) is 9.15. The lowest BCUT2D eigenvalue weighted by Gasteiger charge is -2.15. The number of carbonyl (C=O) groups is 1. The third-order valence-corrected chi connectivity index (χ3v) is 3.37. The van der Waals surface area contributed by atoms with Crippen molar-refractivity contribution in [3.05, 3.63) is 65.0 Å². The maximum absolute atomic E-state index is 12.8. The molecular weight excluding hydrogens is 243 g/mol. The number of hydrogen-bond donors (Lipinski definition) is 1. The molecule has 2 aromatic carbocycles. The van der Waals surface area contributed by atoms with E-state index in [4.69, 9.17) is 5.73 Å². The SMILES string of the molecule is Nc1cccc2c1CN(Cc1ccc(F)cc1)C2=O. The summed E-state index contributed by atoms with van der Waals surface area (Å²) in [5.41, 5.74) is 8.98. The second-order valence-corrected chi connectivity index (χ2v) is 4.66. The number of nitrogen functional groups attached to an aromatic ring is 1. The zero-order chi connectivity index (χ0) is 13.4. The van der Waals surface area contributed by atoms with Gasteiger partial charge in [-0.25, -0.2) is 4.39 Å². The molecule has 0 fully saturated rings. The Balaban J connectivity index is 1.84. The Morgan fingerprint density at radius 2 is 1.89 bits per heavy atom. The Morgan fingerprint density at radius 1 is 1.16 bits per heavy atom. The molecule has 0 unspecified atom stereocenters. The summed E-state index contributed by atoms with van der Waals surface area (Å²) < 4.78 is 12.8. The summed E-state index contributed by atoms with van der Waals surface area (Å²) >= 11 is 0. The number of halogens is 1. The number of nitrogens with two attached hydrogens (primary N) is 1. The zero-order valence-electron chi connectivity index (χ0n) is 10.3. The van der Waals surface area contributed by atoms with Crippen LogP contribution in [0.25, 0.3) is 0 Å². The lowest BCUT2D eigenvalue weighted by molar-refractivity contribution is 0.0767. The van der Waals surface area contributed by atoms with Crippen LogP contribution in [-0.2, 0) is 13.1 Å². The first-order valence-corrected chi connectivity index (χ1v) is 6.06. The smallest absolute Gasteiger partial charge is 0.254 e. The van der Waals surface area contributed by atoms with Crippen LogP contribution in [0.2, 0.25) is 0 Å². The van der Waals surface area contributed by atoms with Gasteiger partial charge in [-0.05, 0) is 29.8 Å². The van der Waals surface area contributed by atoms with Crippen LogP contribution in [0, 0.1) is 5.82 Å². The minimum absolute atomic E-state index is 0.0216. The number of hydrogen-bond acceptors (Lipinski definition) is 2. The highest BCUT2D eigenvalue weighted by Crippen LogP contribution is 2.28. The van der Waals surface area contributed by atoms with Crippen molar-refractivity contribution in [1.82, 2.24) is 4.90 Å². The molecule has 4 heteroatoms. The molecular formula is C15H13FN2O. The predicted octanol–water partition coefficient (Wildman–Crippen LogP) is 2.56. The van der Waals surface area contributed by atoms with Gasteiger partial charge in [0.1, 0.15) is 5.82 Å². The molecule has 2 aromatic rings. The molecule has 0 bridgehead atoms. The van der Waals surface area contributed by atoms with Crippen molar-refractivity contribution in [3.8, 4) is 0 Å². The van der Waals surface area contributed by atoms with Crippen LogP contribution in [0.1, 0.15) is 21.5 Å². The van der Waals surface area contributed by atoms with Gasteiger partial charge in [0.05, 0.1) is 0 Å². The van der Waals surface area contributed by atoms with E-state index < -0.39 is 0 Å². The number of anilines is 1. The molecule has 0 saturated carbocycles. The van der Waals surface area contributed by atoms with E-state index in [0.717, 1.165) is 11.1 Å². The lowest BCUT2D eigenvalue weighted by Crippen LogP contribution is -2.23. The zero-order valence-corrected chi connectivity index (χ0v) is 10.3. The molecule has 3 nitrogen and oxygen atoms in total. The molecule has 0 atom stereocenters. The largest absolute Gasteiger partial charge is 0.398 e. The van der Waals surface area contributed by atoms with E-state index in [2.05, 4.69) is 0 Å². The summed E-state index contributed by atoms with van der Waals surface area (Å²) in [6, 6.07) is 11.6. The van der Waals surface area contributed by atoms with Crippen LogP contribution in [0.3, 0.4) is 0 Å². The van der Waals surface area contributed by atoms with Gasteiger partial charge >= 0.3 is 0 Å². The maximum Gasteiger partial charge on any atom is 0.254 e. The summed E-state index contributed by atoms with van der Waals surface area (Å²) in [4.78, 5) is 13.9. The van der Waals surface area contributed by atoms with Crippen LogP contribution in [0.4, 0.5) is 10.1 Å². The minimum atomic E-state index is -0.274. The summed E-state index contributed by atoms with van der Waals surface area (Å²) in [5, 5.41) is 0. The van der Waals surface area contributed by atoms with E-state index >= 15 is 0 Å². The van der Waals surface area contributed by atoms with E-state index in [-0.39, 0.29) is 11.7 Å². The maximum atomic E-state index is 12.8. The fraction of sp³-hybridized carbons (Fsp3) is 0.133. The Hall–Kier alpha value is -2.36. The first-order valence-electron chi connectivity index (χ1n) is 6.06. The standard InChI is InChI=1S/C15H13FN2O/c16-11-6-4-10(5-7-11)8-18-9-13-12(15(18)19)2-1-3-14(13)17/h1-7H,8-9,17H2. The summed E-state index contributed by atoms with van der Waals surface area (Å²) in [6.45, 7) is 0.978. The molecule has 0 aromatic heterocycles. The van der Waals surface area contributed by atoms with Crippen molar-refractivity contribution in [2.75, 3.05) is 5.73 Å². The van der Waals surface area contributed by atoms with E-state index in [9.17, 15) is 9.18 Å². The number of fused-ring (bicyclic) bond motifs is 1. The second kappa shape index (κ2) is 4.39. The van der Waals surface area contributed by atoms with E-state index in [1.165, 1.54) is 12.1 Å². The van der Waals surface area contributed by atoms with Crippen LogP contribution in [0.5, 0.6) is 0 Å². The second-order valence-electron chi connectivity index (χ2n) is 4.66. The van der Waals surface area contributed by atoms with Crippen LogP contribution >= 0.6 is 0 Å². The number of amides is 1. The van der Waals surface area contributed by atoms with Crippen molar-refractivity contribution in [3.63, 3.8) is 0 Å². The van der Waals surface area contributed by atoms with Crippen LogP contribution in [0.15, 0.2) is 42.5 Å². The number of rotatable bonds is 2. The molecule has 19 heavy (non-hydrogen) atoms. The van der Waals surface area contributed by atoms with E-state index in [1.54, 1.807) is 35.2 Å². The molecule has 0 saturated heterocycles. The number of nitrogens with zero attached hydrogens (tertiary/aromatic N) is 1. The molecule has 3 rings (SSSR count). The van der Waals surface area contributed by atoms with Crippen molar-refractivity contribution in [2.45, 2.75) is 13.1 Å². The van der Waals surface area contributed by atoms with Gasteiger partial charge in [-0.1, -0.05) is 18.2 Å². The minimum Gasteiger partial charge on any atom is -0.398 e. The summed E-state index contributed by atoms with van der Waals surface area (Å²) in [7, 11) is 0. The number of benzene rings is 2. The molecule has 1 aliphatic rings. The third kappa shape index (κ3) is 2.05. The van der Waals surface area contributed by atoms with Crippen molar-refractivity contribution >= 4 is 11.6 Å². The van der Waals surface area contributed by atoms with Crippen LogP contribution in [-0.4, -0.2) is 10.8 Å². The van der Waals surface area contributed by atoms with Gasteiger partial charge in [-0.3, -0.25) is 4.79 Å². The molecule has 0 spiro atoms. The predicted molar refractivity (Wildman–Crippen MR) is 70.8 cm³/mol. The van der Waals surface area contributed by atoms with Gasteiger partial charge in [0.25, 0.3) is 5.91 Å². The monoisotopic (exact) mass is 256 g/mol. The molecule has 1 aliphatic heterocycles. The van der Waals surface area contributed by atoms with Gasteiger partial charge < -0.3 is 10.6 Å². The Labute approximate surface area is 110 Å². The van der Waals surface area contributed by atoms with Gasteiger partial charge in [0.15, 0.2) is 0 Å². The summed E-state index contributed by atoms with van der Waals surface area (Å²) in [6.07, 6.45) is 0. The van der Waals surface area contributed by atoms with Crippen molar-refractivity contribution in [2.24, 2.45) is 0 Å². The van der Waals surface area contributed by atoms with Gasteiger partial charge in [0, 0.05) is 29.9 Å². The third-order valence-electron chi connectivity index (χ3n) is 3.37. The molecule has 0 aliphatic carbocycles. The lowest BCUT2D eigenvalue weighted by atomic mass is 10.1. The Morgan fingerprint density at radius 3 is 2.58 bits per heavy atom. The van der Waals surface area contributed by atoms with Crippen molar-refractivity contribution < 1.29 is 9.18 Å². The highest BCUT2D eigenvalue weighted by Gasteiger charge is 2.28. The molecule has 1 amide bonds. The quantitative estimate of drug-likeness (QED) is 0.839. The molecule has 2 N–H and O–H groups in total. The highest BCUT2D eigenvalue weighted by molar-refractivity contribution is 5.99. The van der Waals surface area contributed by atoms with Gasteiger partial charge in [0.2, 0.25) is 0 Å². The average molecular weight is 256 g/mol. The van der Waals surface area contributed by atoms with E-state index in [1.807, 2.05) is 0 Å². The fourth-order valence-corrected chi connectivity index (χ4v) is 2.35. The van der Waals surface area contributed by atoms with Crippen LogP contribution < -0.4 is 5.73 Å². The molecule has 0 radical (unpaired) electrons. The van der Waals surface area contributed by atoms with Crippen molar-refractivity contribution in [1.29, 1.82) is 0 Å². The molecule has 96 valence electrons. The fourth-order valence-electron chi connectivity index (χ4n) is 2.35. The topological polar surface area (TPSA) is 46.3 Å². The normalized spacial score (nSPS) is 13.7. The first kappa shape index (κ1) is 11.7. The Kier molecular flexibility index (Phi) is 2.71. The van der Waals surface area contributed by atoms with Gasteiger partial charge in [-0.2, -0.15) is 0 Å².